The molecule has 2 N–H and O–H groups in total. The Morgan fingerprint density at radius 3 is 3.13 bits per heavy atom. The van der Waals surface area contributed by atoms with Crippen molar-refractivity contribution in [2.75, 3.05) is 24.2 Å². The van der Waals surface area contributed by atoms with Gasteiger partial charge in [-0.1, -0.05) is 30.0 Å². The number of nitrogens with zero attached hydrogens (tertiary/aromatic N) is 5. The lowest BCUT2D eigenvalue weighted by Gasteiger charge is -2.14. The van der Waals surface area contributed by atoms with E-state index < -0.39 is 0 Å². The number of carbonyl (C=O) groups is 1. The zero-order valence-electron chi connectivity index (χ0n) is 12.7. The van der Waals surface area contributed by atoms with Crippen molar-refractivity contribution in [2.24, 2.45) is 0 Å². The summed E-state index contributed by atoms with van der Waals surface area (Å²) in [4.78, 5) is 14.2. The molecule has 0 spiro atoms. The molecule has 1 aliphatic heterocycles. The van der Waals surface area contributed by atoms with Crippen molar-refractivity contribution in [3.05, 3.63) is 17.5 Å². The zero-order valence-corrected chi connectivity index (χ0v) is 14.4. The number of anilines is 1. The molecule has 23 heavy (non-hydrogen) atoms. The molecule has 0 fully saturated rings. The van der Waals surface area contributed by atoms with Gasteiger partial charge in [-0.15, -0.1) is 10.2 Å². The quantitative estimate of drug-likeness (QED) is 0.560. The summed E-state index contributed by atoms with van der Waals surface area (Å²) in [5.74, 6) is 0.834. The predicted octanol–water partition coefficient (Wildman–Crippen LogP) is 0.793. The maximum Gasteiger partial charge on any atom is 0.240 e. The van der Waals surface area contributed by atoms with Gasteiger partial charge in [0.2, 0.25) is 11.0 Å². The van der Waals surface area contributed by atoms with E-state index in [2.05, 4.69) is 20.6 Å². The average molecular weight is 354 g/mol. The van der Waals surface area contributed by atoms with Crippen molar-refractivity contribution >= 4 is 34.1 Å². The fourth-order valence-corrected chi connectivity index (χ4v) is 4.14. The minimum Gasteiger partial charge on any atom is -0.394 e. The molecule has 10 heteroatoms. The second-order valence-corrected chi connectivity index (χ2v) is 7.55. The highest BCUT2D eigenvalue weighted by Crippen LogP contribution is 2.25. The van der Waals surface area contributed by atoms with Crippen LogP contribution < -0.4 is 5.32 Å². The Morgan fingerprint density at radius 1 is 1.48 bits per heavy atom. The number of nitrogens with one attached hydrogen (secondary N) is 1. The Hall–Kier alpha value is -1.49. The normalized spacial score (nSPS) is 14.2. The molecular weight excluding hydrogens is 336 g/mol. The largest absolute Gasteiger partial charge is 0.394 e. The number of hydrogen-bond donors (Lipinski definition) is 2. The van der Waals surface area contributed by atoms with Crippen LogP contribution >= 0.6 is 23.1 Å². The Balaban J connectivity index is 1.53. The van der Waals surface area contributed by atoms with Gasteiger partial charge in [0.05, 0.1) is 31.6 Å². The first-order chi connectivity index (χ1) is 11.2. The molecular formula is C13H18N6O2S2. The highest BCUT2D eigenvalue weighted by Gasteiger charge is 2.25. The molecule has 8 nitrogen and oxygen atoms in total. The Morgan fingerprint density at radius 2 is 2.35 bits per heavy atom. The number of fused-ring (bicyclic) bond motifs is 1. The molecule has 1 amide bonds. The maximum atomic E-state index is 12.1. The summed E-state index contributed by atoms with van der Waals surface area (Å²) >= 11 is 3.00. The van der Waals surface area contributed by atoms with Crippen LogP contribution in [0.15, 0.2) is 10.5 Å². The minimum atomic E-state index is -0.0963. The number of aliphatic hydroxyl groups excluding tert-OH is 1. The lowest BCUT2D eigenvalue weighted by atomic mass is 10.3. The topological polar surface area (TPSA) is 96.2 Å². The molecule has 3 heterocycles. The molecule has 0 saturated heterocycles. The number of hydrogen-bond acceptors (Lipinski definition) is 8. The van der Waals surface area contributed by atoms with E-state index in [1.165, 1.54) is 11.3 Å². The first-order valence-electron chi connectivity index (χ1n) is 7.32. The van der Waals surface area contributed by atoms with Crippen LogP contribution in [0.5, 0.6) is 0 Å². The van der Waals surface area contributed by atoms with Gasteiger partial charge in [-0.25, -0.2) is 0 Å². The molecule has 2 aromatic heterocycles. The van der Waals surface area contributed by atoms with Gasteiger partial charge in [-0.05, 0) is 5.75 Å². The van der Waals surface area contributed by atoms with Crippen molar-refractivity contribution in [3.8, 4) is 0 Å². The molecule has 0 bridgehead atoms. The lowest BCUT2D eigenvalue weighted by Crippen LogP contribution is -2.29. The van der Waals surface area contributed by atoms with E-state index in [0.717, 1.165) is 21.3 Å². The highest BCUT2D eigenvalue weighted by molar-refractivity contribution is 8.01. The van der Waals surface area contributed by atoms with E-state index in [0.29, 0.717) is 31.3 Å². The van der Waals surface area contributed by atoms with Crippen LogP contribution in [0.3, 0.4) is 0 Å². The average Bonchev–Trinajstić information content (AvgIpc) is 3.18. The van der Waals surface area contributed by atoms with Gasteiger partial charge in [0, 0.05) is 18.7 Å². The molecule has 0 atom stereocenters. The molecule has 124 valence electrons. The van der Waals surface area contributed by atoms with Gasteiger partial charge in [-0.2, -0.15) is 5.10 Å². The fraction of sp³-hybridized carbons (Fsp3) is 0.538. The number of thioether (sulfide) groups is 1. The Labute approximate surface area is 141 Å². The minimum absolute atomic E-state index is 0.0593. The lowest BCUT2D eigenvalue weighted by molar-refractivity contribution is -0.117. The van der Waals surface area contributed by atoms with E-state index in [-0.39, 0.29) is 12.5 Å². The van der Waals surface area contributed by atoms with Crippen molar-refractivity contribution in [2.45, 2.75) is 30.9 Å². The number of aliphatic hydroxyl groups is 1. The predicted molar refractivity (Wildman–Crippen MR) is 88.4 cm³/mol. The second kappa shape index (κ2) is 7.39. The van der Waals surface area contributed by atoms with Gasteiger partial charge >= 0.3 is 0 Å². The first-order valence-corrected chi connectivity index (χ1v) is 9.12. The van der Waals surface area contributed by atoms with Crippen molar-refractivity contribution in [3.63, 3.8) is 0 Å². The zero-order chi connectivity index (χ0) is 16.2. The third-order valence-corrected chi connectivity index (χ3v) is 5.26. The number of aromatic nitrogens is 4. The van der Waals surface area contributed by atoms with E-state index >= 15 is 0 Å². The molecule has 2 aromatic rings. The molecule has 0 aliphatic carbocycles. The summed E-state index contributed by atoms with van der Waals surface area (Å²) in [6.45, 7) is 4.25. The second-order valence-electron chi connectivity index (χ2n) is 5.06. The monoisotopic (exact) mass is 354 g/mol. The summed E-state index contributed by atoms with van der Waals surface area (Å²) in [6, 6.07) is 0. The van der Waals surface area contributed by atoms with E-state index in [1.807, 2.05) is 18.0 Å². The smallest absolute Gasteiger partial charge is 0.240 e. The van der Waals surface area contributed by atoms with Gasteiger partial charge in [0.25, 0.3) is 0 Å². The molecule has 0 radical (unpaired) electrons. The van der Waals surface area contributed by atoms with Crippen LogP contribution in [0.4, 0.5) is 5.13 Å². The Kier molecular flexibility index (Phi) is 5.26. The maximum absolute atomic E-state index is 12.1. The number of amides is 1. The molecule has 1 aliphatic rings. The van der Waals surface area contributed by atoms with Crippen LogP contribution in [0.2, 0.25) is 0 Å². The molecule has 0 aromatic carbocycles. The van der Waals surface area contributed by atoms with E-state index in [1.54, 1.807) is 16.4 Å². The summed E-state index contributed by atoms with van der Waals surface area (Å²) in [5.41, 5.74) is 2.19. The van der Waals surface area contributed by atoms with Crippen molar-refractivity contribution in [1.82, 2.24) is 24.9 Å². The number of carbonyl (C=O) groups excluding carboxylic acids is 1. The first kappa shape index (κ1) is 16.4. The van der Waals surface area contributed by atoms with Crippen LogP contribution in [-0.4, -0.2) is 54.8 Å². The van der Waals surface area contributed by atoms with Crippen molar-refractivity contribution < 1.29 is 9.90 Å². The SMILES string of the molecule is CCSc1nnc(NC(=O)CN2Cc3cnn(CCO)c3C2)s1. The third kappa shape index (κ3) is 3.89. The van der Waals surface area contributed by atoms with Gasteiger partial charge < -0.3 is 5.11 Å². The molecule has 3 rings (SSSR count). The Bertz CT molecular complexity index is 686. The van der Waals surface area contributed by atoms with Crippen LogP contribution in [0, 0.1) is 0 Å². The van der Waals surface area contributed by atoms with Crippen LogP contribution in [0.25, 0.3) is 0 Å². The van der Waals surface area contributed by atoms with Crippen LogP contribution in [-0.2, 0) is 24.4 Å². The standard InChI is InChI=1S/C13H18N6O2S2/c1-2-22-13-17-16-12(23-13)15-11(21)8-18-6-9-5-14-19(3-4-20)10(9)7-18/h5,20H,2-4,6-8H2,1H3,(H,15,16,21). The summed E-state index contributed by atoms with van der Waals surface area (Å²) in [5, 5.41) is 24.6. The number of rotatable bonds is 7. The van der Waals surface area contributed by atoms with E-state index in [4.69, 9.17) is 5.11 Å². The summed E-state index contributed by atoms with van der Waals surface area (Å²) < 4.78 is 2.66. The summed E-state index contributed by atoms with van der Waals surface area (Å²) in [7, 11) is 0. The van der Waals surface area contributed by atoms with Crippen molar-refractivity contribution in [1.29, 1.82) is 0 Å². The molecule has 0 unspecified atom stereocenters. The highest BCUT2D eigenvalue weighted by atomic mass is 32.2. The van der Waals surface area contributed by atoms with Gasteiger partial charge in [-0.3, -0.25) is 19.7 Å². The fourth-order valence-electron chi connectivity index (χ4n) is 2.48. The summed E-state index contributed by atoms with van der Waals surface area (Å²) in [6.07, 6.45) is 1.81. The molecule has 0 saturated carbocycles. The van der Waals surface area contributed by atoms with Gasteiger partial charge in [0.1, 0.15) is 0 Å². The third-order valence-electron chi connectivity index (χ3n) is 3.40. The van der Waals surface area contributed by atoms with Crippen LogP contribution in [0.1, 0.15) is 18.2 Å². The van der Waals surface area contributed by atoms with E-state index in [9.17, 15) is 4.79 Å². The van der Waals surface area contributed by atoms with Gasteiger partial charge in [0.15, 0.2) is 4.34 Å².